The zero-order valence-electron chi connectivity index (χ0n) is 15.0. The lowest BCUT2D eigenvalue weighted by atomic mass is 10.1. The molecular weight excluding hydrogens is 320 g/mol. The fourth-order valence-electron chi connectivity index (χ4n) is 3.57. The Labute approximate surface area is 154 Å². The van der Waals surface area contributed by atoms with Crippen molar-refractivity contribution in [2.24, 2.45) is 0 Å². The molecule has 1 aliphatic rings. The van der Waals surface area contributed by atoms with E-state index in [4.69, 9.17) is 10.2 Å². The van der Waals surface area contributed by atoms with Crippen molar-refractivity contribution < 1.29 is 0 Å². The molecule has 2 aromatic carbocycles. The molecule has 0 atom stereocenters. The molecule has 1 saturated heterocycles. The first-order valence-electron chi connectivity index (χ1n) is 9.12. The number of benzene rings is 2. The minimum Gasteiger partial charge on any atom is -0.381 e. The Hall–Kier alpha value is -3.06. The van der Waals surface area contributed by atoms with Gasteiger partial charge in [-0.25, -0.2) is 0 Å². The summed E-state index contributed by atoms with van der Waals surface area (Å²) in [6.45, 7) is 5.06. The van der Waals surface area contributed by atoms with Crippen molar-refractivity contribution in [3.8, 4) is 6.07 Å². The highest BCUT2D eigenvalue weighted by molar-refractivity contribution is 5.94. The number of hydrogen-bond acceptors (Lipinski definition) is 4. The molecule has 3 aromatic rings. The van der Waals surface area contributed by atoms with Crippen LogP contribution in [-0.4, -0.2) is 18.1 Å². The van der Waals surface area contributed by atoms with E-state index in [1.807, 2.05) is 24.3 Å². The maximum atomic E-state index is 8.88. The Morgan fingerprint density at radius 2 is 1.85 bits per heavy atom. The summed E-state index contributed by atoms with van der Waals surface area (Å²) in [5.74, 6) is 0. The number of nitrogens with one attached hydrogen (secondary N) is 1. The van der Waals surface area contributed by atoms with Crippen molar-refractivity contribution in [3.05, 3.63) is 65.4 Å². The Kier molecular flexibility index (Phi) is 4.45. The SMILES string of the molecule is Cc1cc(N2CCCC2)c2ccc(NCc3ccc(C#N)cc3)cc2n1. The van der Waals surface area contributed by atoms with Crippen molar-refractivity contribution in [1.29, 1.82) is 5.26 Å². The minimum absolute atomic E-state index is 0.688. The lowest BCUT2D eigenvalue weighted by Gasteiger charge is -2.20. The first-order chi connectivity index (χ1) is 12.7. The highest BCUT2D eigenvalue weighted by Gasteiger charge is 2.16. The maximum absolute atomic E-state index is 8.88. The van der Waals surface area contributed by atoms with Crippen molar-refractivity contribution in [2.75, 3.05) is 23.3 Å². The van der Waals surface area contributed by atoms with Crippen molar-refractivity contribution in [2.45, 2.75) is 26.3 Å². The molecule has 0 radical (unpaired) electrons. The molecule has 0 saturated carbocycles. The van der Waals surface area contributed by atoms with Gasteiger partial charge in [0.15, 0.2) is 0 Å². The van der Waals surface area contributed by atoms with Gasteiger partial charge in [0.05, 0.1) is 17.1 Å². The van der Waals surface area contributed by atoms with E-state index in [9.17, 15) is 0 Å². The lowest BCUT2D eigenvalue weighted by Crippen LogP contribution is -2.18. The standard InChI is InChI=1S/C22H22N4/c1-16-12-22(26-10-2-3-11-26)20-9-8-19(13-21(20)25-16)24-15-18-6-4-17(14-23)5-7-18/h4-9,12-13,24H,2-3,10-11,15H2,1H3. The number of aryl methyl sites for hydroxylation is 1. The quantitative estimate of drug-likeness (QED) is 0.751. The maximum Gasteiger partial charge on any atom is 0.0991 e. The lowest BCUT2D eigenvalue weighted by molar-refractivity contribution is 0.949. The smallest absolute Gasteiger partial charge is 0.0991 e. The molecule has 1 aromatic heterocycles. The molecule has 1 fully saturated rings. The Morgan fingerprint density at radius 1 is 1.08 bits per heavy atom. The van der Waals surface area contributed by atoms with Gasteiger partial charge in [-0.3, -0.25) is 4.98 Å². The van der Waals surface area contributed by atoms with Crippen LogP contribution in [0.4, 0.5) is 11.4 Å². The van der Waals surface area contributed by atoms with E-state index in [-0.39, 0.29) is 0 Å². The van der Waals surface area contributed by atoms with Crippen LogP contribution >= 0.6 is 0 Å². The molecule has 0 spiro atoms. The van der Waals surface area contributed by atoms with Crippen LogP contribution in [0, 0.1) is 18.3 Å². The van der Waals surface area contributed by atoms with E-state index in [0.717, 1.165) is 42.1 Å². The molecule has 4 nitrogen and oxygen atoms in total. The molecule has 0 unspecified atom stereocenters. The summed E-state index contributed by atoms with van der Waals surface area (Å²) in [5, 5.41) is 13.6. The second-order valence-electron chi connectivity index (χ2n) is 6.87. The number of anilines is 2. The summed E-state index contributed by atoms with van der Waals surface area (Å²) in [4.78, 5) is 7.22. The zero-order valence-corrected chi connectivity index (χ0v) is 15.0. The second kappa shape index (κ2) is 7.05. The van der Waals surface area contributed by atoms with E-state index in [2.05, 4.69) is 47.5 Å². The van der Waals surface area contributed by atoms with Gasteiger partial charge in [-0.1, -0.05) is 12.1 Å². The van der Waals surface area contributed by atoms with Gasteiger partial charge in [-0.15, -0.1) is 0 Å². The molecule has 1 N–H and O–H groups in total. The summed E-state index contributed by atoms with van der Waals surface area (Å²) in [6.07, 6.45) is 2.54. The first-order valence-corrected chi connectivity index (χ1v) is 9.12. The molecule has 26 heavy (non-hydrogen) atoms. The highest BCUT2D eigenvalue weighted by Crippen LogP contribution is 2.31. The topological polar surface area (TPSA) is 52.0 Å². The molecule has 1 aliphatic heterocycles. The van der Waals surface area contributed by atoms with Gasteiger partial charge in [0.2, 0.25) is 0 Å². The van der Waals surface area contributed by atoms with E-state index >= 15 is 0 Å². The van der Waals surface area contributed by atoms with Gasteiger partial charge in [-0.2, -0.15) is 5.26 Å². The third kappa shape index (κ3) is 3.34. The van der Waals surface area contributed by atoms with E-state index in [1.54, 1.807) is 0 Å². The van der Waals surface area contributed by atoms with Crippen LogP contribution in [0.25, 0.3) is 10.9 Å². The van der Waals surface area contributed by atoms with Gasteiger partial charge < -0.3 is 10.2 Å². The zero-order chi connectivity index (χ0) is 17.9. The predicted molar refractivity (Wildman–Crippen MR) is 106 cm³/mol. The number of aromatic nitrogens is 1. The van der Waals surface area contributed by atoms with E-state index in [1.165, 1.54) is 23.9 Å². The fraction of sp³-hybridized carbons (Fsp3) is 0.273. The molecule has 4 rings (SSSR count). The summed E-state index contributed by atoms with van der Waals surface area (Å²) in [5.41, 5.74) is 6.31. The van der Waals surface area contributed by atoms with Crippen LogP contribution in [-0.2, 0) is 6.54 Å². The third-order valence-corrected chi connectivity index (χ3v) is 4.94. The number of hydrogen-bond donors (Lipinski definition) is 1. The Bertz CT molecular complexity index is 964. The largest absolute Gasteiger partial charge is 0.381 e. The summed E-state index contributed by atoms with van der Waals surface area (Å²) in [7, 11) is 0. The Balaban J connectivity index is 1.57. The average Bonchev–Trinajstić information content (AvgIpc) is 3.20. The van der Waals surface area contributed by atoms with E-state index in [0.29, 0.717) is 5.56 Å². The van der Waals surface area contributed by atoms with Gasteiger partial charge in [-0.05, 0) is 61.7 Å². The van der Waals surface area contributed by atoms with Crippen LogP contribution in [0.2, 0.25) is 0 Å². The molecule has 0 bridgehead atoms. The van der Waals surface area contributed by atoms with Gasteiger partial charge in [0, 0.05) is 42.1 Å². The van der Waals surface area contributed by atoms with Crippen molar-refractivity contribution in [3.63, 3.8) is 0 Å². The molecule has 0 amide bonds. The third-order valence-electron chi connectivity index (χ3n) is 4.94. The number of fused-ring (bicyclic) bond motifs is 1. The number of nitriles is 1. The molecule has 4 heteroatoms. The van der Waals surface area contributed by atoms with Gasteiger partial charge in [0.25, 0.3) is 0 Å². The first kappa shape index (κ1) is 16.4. The van der Waals surface area contributed by atoms with Crippen molar-refractivity contribution >= 4 is 22.3 Å². The number of nitrogens with zero attached hydrogens (tertiary/aromatic N) is 3. The van der Waals surface area contributed by atoms with Crippen LogP contribution in [0.3, 0.4) is 0 Å². The van der Waals surface area contributed by atoms with Crippen molar-refractivity contribution in [1.82, 2.24) is 4.98 Å². The van der Waals surface area contributed by atoms with Crippen LogP contribution < -0.4 is 10.2 Å². The monoisotopic (exact) mass is 342 g/mol. The Morgan fingerprint density at radius 3 is 2.58 bits per heavy atom. The van der Waals surface area contributed by atoms with E-state index < -0.39 is 0 Å². The minimum atomic E-state index is 0.688. The van der Waals surface area contributed by atoms with Gasteiger partial charge >= 0.3 is 0 Å². The van der Waals surface area contributed by atoms with Crippen LogP contribution in [0.5, 0.6) is 0 Å². The summed E-state index contributed by atoms with van der Waals surface area (Å²) < 4.78 is 0. The number of rotatable bonds is 4. The van der Waals surface area contributed by atoms with Crippen LogP contribution in [0.1, 0.15) is 29.7 Å². The average molecular weight is 342 g/mol. The molecule has 130 valence electrons. The summed E-state index contributed by atoms with van der Waals surface area (Å²) in [6, 6.07) is 18.5. The van der Waals surface area contributed by atoms with Crippen LogP contribution in [0.15, 0.2) is 48.5 Å². The fourth-order valence-corrected chi connectivity index (χ4v) is 3.57. The molecule has 2 heterocycles. The number of pyridine rings is 1. The predicted octanol–water partition coefficient (Wildman–Crippen LogP) is 4.63. The summed E-state index contributed by atoms with van der Waals surface area (Å²) >= 11 is 0. The highest BCUT2D eigenvalue weighted by atomic mass is 15.1. The second-order valence-corrected chi connectivity index (χ2v) is 6.87. The molecular formula is C22H22N4. The van der Waals surface area contributed by atoms with Gasteiger partial charge in [0.1, 0.15) is 0 Å². The normalized spacial score (nSPS) is 13.8. The molecule has 0 aliphatic carbocycles.